The summed E-state index contributed by atoms with van der Waals surface area (Å²) in [6.07, 6.45) is -2.66. The topological polar surface area (TPSA) is 112 Å². The average molecular weight is 886 g/mol. The summed E-state index contributed by atoms with van der Waals surface area (Å²) in [5.41, 5.74) is -3.37. The third-order valence-electron chi connectivity index (χ3n) is 13.6. The Kier molecular flexibility index (Phi) is 10.9. The average Bonchev–Trinajstić information content (AvgIpc) is 2.96. The number of fused-ring (bicyclic) bond motifs is 5. The molecule has 2 bridgehead atoms. The zero-order valence-corrected chi connectivity index (χ0v) is 35.9. The number of carbonyl (C=O) groups excluding carboxylic acids is 2. The molecule has 1 aromatic rings. The third kappa shape index (κ3) is 5.59. The van der Waals surface area contributed by atoms with Crippen LogP contribution in [0.5, 0.6) is 0 Å². The first kappa shape index (κ1) is 39.4. The van der Waals surface area contributed by atoms with Crippen molar-refractivity contribution in [3.63, 3.8) is 0 Å². The summed E-state index contributed by atoms with van der Waals surface area (Å²) >= 11 is 0. The minimum Gasteiger partial charge on any atom is -0.456 e. The molecule has 0 amide bonds. The second-order valence-corrected chi connectivity index (χ2v) is 17.0. The van der Waals surface area contributed by atoms with Gasteiger partial charge in [0.25, 0.3) is 0 Å². The molecular formula is C37H55AcO8P. The van der Waals surface area contributed by atoms with Gasteiger partial charge in [0.2, 0.25) is 0 Å². The van der Waals surface area contributed by atoms with Crippen LogP contribution in [0, 0.1) is 83.5 Å². The first-order chi connectivity index (χ1) is 21.1. The number of esters is 2. The van der Waals surface area contributed by atoms with Gasteiger partial charge in [-0.1, -0.05) is 93.0 Å². The Balaban J connectivity index is 0.00000500. The molecule has 3 aliphatic carbocycles. The summed E-state index contributed by atoms with van der Waals surface area (Å²) in [5.74, 6) is -2.07. The number of aliphatic hydroxyl groups is 2. The summed E-state index contributed by atoms with van der Waals surface area (Å²) in [4.78, 5) is 27.6. The maximum atomic E-state index is 14.1. The maximum Gasteiger partial charge on any atom is 0.338 e. The van der Waals surface area contributed by atoms with Gasteiger partial charge >= 0.3 is 11.9 Å². The van der Waals surface area contributed by atoms with Crippen LogP contribution in [0.3, 0.4) is 0 Å². The van der Waals surface area contributed by atoms with Crippen LogP contribution < -0.4 is 0 Å². The number of ether oxygens (including phenoxy) is 3. The normalized spacial score (nSPS) is 38.7. The van der Waals surface area contributed by atoms with E-state index < -0.39 is 75.1 Å². The smallest absolute Gasteiger partial charge is 0.338 e. The molecule has 5 rings (SSSR count). The van der Waals surface area contributed by atoms with Crippen LogP contribution in [0.2, 0.25) is 0 Å². The first-order valence-corrected chi connectivity index (χ1v) is 17.2. The van der Waals surface area contributed by atoms with Gasteiger partial charge in [0.05, 0.1) is 18.3 Å². The van der Waals surface area contributed by atoms with Gasteiger partial charge in [-0.3, -0.25) is 0 Å². The fourth-order valence-electron chi connectivity index (χ4n) is 10.1. The van der Waals surface area contributed by atoms with Crippen molar-refractivity contribution in [2.75, 3.05) is 6.61 Å². The van der Waals surface area contributed by atoms with Crippen LogP contribution in [0.15, 0.2) is 41.5 Å². The van der Waals surface area contributed by atoms with E-state index in [9.17, 15) is 19.8 Å². The number of hydrogen-bond acceptors (Lipinski definition) is 8. The fraction of sp³-hybridized carbons (Fsp3) is 0.730. The molecule has 0 spiro atoms. The van der Waals surface area contributed by atoms with Crippen molar-refractivity contribution in [3.05, 3.63) is 47.0 Å². The maximum absolute atomic E-state index is 14.1. The molecule has 47 heavy (non-hydrogen) atoms. The molecule has 1 aromatic carbocycles. The van der Waals surface area contributed by atoms with Crippen LogP contribution >= 0.6 is 9.47 Å². The molecule has 3 fully saturated rings. The minimum absolute atomic E-state index is 0. The molecule has 1 aliphatic heterocycles. The monoisotopic (exact) mass is 885 g/mol. The Labute approximate surface area is 319 Å². The molecule has 2 N–H and O–H groups in total. The predicted molar refractivity (Wildman–Crippen MR) is 179 cm³/mol. The van der Waals surface area contributed by atoms with Crippen LogP contribution in [0.1, 0.15) is 99.4 Å². The Morgan fingerprint density at radius 1 is 0.979 bits per heavy atom. The Hall–Kier alpha value is -0.388. The van der Waals surface area contributed by atoms with E-state index in [4.69, 9.17) is 18.7 Å². The first-order valence-electron chi connectivity index (χ1n) is 16.7. The Bertz CT molecular complexity index is 1410. The van der Waals surface area contributed by atoms with E-state index in [0.29, 0.717) is 12.0 Å². The largest absolute Gasteiger partial charge is 0.456 e. The van der Waals surface area contributed by atoms with E-state index in [-0.39, 0.29) is 68.9 Å². The third-order valence-corrected chi connectivity index (χ3v) is 13.9. The number of benzene rings is 1. The van der Waals surface area contributed by atoms with E-state index >= 15 is 0 Å². The van der Waals surface area contributed by atoms with E-state index in [1.807, 2.05) is 40.7 Å². The van der Waals surface area contributed by atoms with Crippen molar-refractivity contribution in [3.8, 4) is 0 Å². The van der Waals surface area contributed by atoms with Gasteiger partial charge in [-0.2, -0.15) is 0 Å². The second kappa shape index (κ2) is 13.0. The molecule has 1 heterocycles. The summed E-state index contributed by atoms with van der Waals surface area (Å²) in [7, 11) is 2.16. The molecule has 10 atom stereocenters. The van der Waals surface area contributed by atoms with E-state index in [0.717, 1.165) is 11.1 Å². The zero-order valence-electron chi connectivity index (χ0n) is 30.0. The summed E-state index contributed by atoms with van der Waals surface area (Å²) in [6, 6.07) is 8.76. The van der Waals surface area contributed by atoms with Crippen molar-refractivity contribution in [2.24, 2.45) is 39.4 Å². The van der Waals surface area contributed by atoms with Crippen LogP contribution in [-0.4, -0.2) is 64.4 Å². The molecule has 2 saturated carbocycles. The Morgan fingerprint density at radius 2 is 1.57 bits per heavy atom. The van der Waals surface area contributed by atoms with Crippen molar-refractivity contribution in [1.82, 2.24) is 0 Å². The number of hydrogen-bond donors (Lipinski definition) is 2. The van der Waals surface area contributed by atoms with E-state index in [2.05, 4.69) is 51.0 Å². The van der Waals surface area contributed by atoms with Gasteiger partial charge in [0, 0.05) is 71.3 Å². The van der Waals surface area contributed by atoms with Crippen LogP contribution in [0.25, 0.3) is 0 Å². The van der Waals surface area contributed by atoms with Gasteiger partial charge in [-0.25, -0.2) is 9.59 Å². The molecule has 4 aliphatic rings. The predicted octanol–water partition coefficient (Wildman–Crippen LogP) is 6.29. The van der Waals surface area contributed by atoms with Gasteiger partial charge in [-0.15, -0.1) is 0 Å². The SMILES string of the molecule is CC1=C2[C@@H](C)C(C)(C)[C@@]3(C)C(C(OC(=O)c4ccccc4)C(O)(CC1OC(=O)C(OP)C(C)C)C2(C)C)C1(O)COC1CC3(C)C.[Ac]. The van der Waals surface area contributed by atoms with Crippen LogP contribution in [0.4, 0.5) is 0 Å². The molecular weight excluding hydrogens is 830 g/mol. The van der Waals surface area contributed by atoms with E-state index in [1.54, 1.807) is 24.3 Å². The Morgan fingerprint density at radius 3 is 2.09 bits per heavy atom. The van der Waals surface area contributed by atoms with Crippen molar-refractivity contribution in [1.29, 1.82) is 0 Å². The van der Waals surface area contributed by atoms with Gasteiger partial charge in [-0.05, 0) is 59.1 Å². The summed E-state index contributed by atoms with van der Waals surface area (Å²) < 4.78 is 24.3. The standard InChI is InChI=1S/C37H55O8P.Ac/c1-20(2)27(45-46)31(39)43-24-17-37(41)29(44-30(38)23-15-13-12-14-16-23)28-35(11,32(5,6)18-25-36(28,40)19-42-25)33(7,8)22(4)26(21(24)3)34(37,9)10;/h12-16,20,22,24-25,27-29,40-41H,17-19,46H2,1-11H3;/t22-,24?,25?,27?,28?,29?,35+,36?,37?;/m1./s1. The van der Waals surface area contributed by atoms with Crippen molar-refractivity contribution in [2.45, 2.75) is 125 Å². The minimum atomic E-state index is -1.74. The summed E-state index contributed by atoms with van der Waals surface area (Å²) in [5, 5.41) is 26.1. The second-order valence-electron chi connectivity index (χ2n) is 16.8. The van der Waals surface area contributed by atoms with Gasteiger partial charge in [0.1, 0.15) is 23.4 Å². The zero-order chi connectivity index (χ0) is 34.4. The molecule has 1 saturated heterocycles. The molecule has 8 unspecified atom stereocenters. The fourth-order valence-corrected chi connectivity index (χ4v) is 10.5. The molecule has 0 aromatic heterocycles. The molecule has 10 heteroatoms. The van der Waals surface area contributed by atoms with Crippen molar-refractivity contribution >= 4 is 21.4 Å². The number of rotatable bonds is 6. The molecule has 1 radical (unpaired) electrons. The van der Waals surface area contributed by atoms with Gasteiger partial charge < -0.3 is 28.9 Å². The van der Waals surface area contributed by atoms with Crippen molar-refractivity contribution < 1.29 is 82.6 Å². The number of carbonyl (C=O) groups is 2. The summed E-state index contributed by atoms with van der Waals surface area (Å²) in [6.45, 7) is 23.1. The molecule has 259 valence electrons. The molecule has 8 nitrogen and oxygen atoms in total. The van der Waals surface area contributed by atoms with Gasteiger partial charge in [0.15, 0.2) is 6.10 Å². The quantitative estimate of drug-likeness (QED) is 0.195. The van der Waals surface area contributed by atoms with Crippen LogP contribution in [-0.2, 0) is 23.5 Å². The van der Waals surface area contributed by atoms with E-state index in [1.165, 1.54) is 0 Å².